The number of nitriles is 1. The first kappa shape index (κ1) is 15.8. The summed E-state index contributed by atoms with van der Waals surface area (Å²) >= 11 is 0. The fourth-order valence-electron chi connectivity index (χ4n) is 1.81. The molecule has 0 aliphatic carbocycles. The first-order chi connectivity index (χ1) is 9.28. The van der Waals surface area contributed by atoms with Crippen LogP contribution in [0.15, 0.2) is 18.2 Å². The zero-order chi connectivity index (χ0) is 15.3. The van der Waals surface area contributed by atoms with Gasteiger partial charge in [0.05, 0.1) is 16.8 Å². The van der Waals surface area contributed by atoms with Crippen LogP contribution in [0, 0.1) is 11.3 Å². The Morgan fingerprint density at radius 1 is 1.45 bits per heavy atom. The van der Waals surface area contributed by atoms with E-state index in [0.717, 1.165) is 11.0 Å². The molecular formula is C13H13F3N2O2. The van der Waals surface area contributed by atoms with Gasteiger partial charge in [0, 0.05) is 6.54 Å². The molecule has 0 atom stereocenters. The van der Waals surface area contributed by atoms with E-state index in [4.69, 9.17) is 10.4 Å². The second-order valence-corrected chi connectivity index (χ2v) is 4.19. The van der Waals surface area contributed by atoms with Gasteiger partial charge in [0.2, 0.25) is 0 Å². The molecule has 1 aromatic rings. The number of alkyl halides is 3. The van der Waals surface area contributed by atoms with Crippen molar-refractivity contribution in [1.82, 2.24) is 0 Å². The molecule has 20 heavy (non-hydrogen) atoms. The van der Waals surface area contributed by atoms with E-state index in [1.807, 2.05) is 0 Å². The van der Waals surface area contributed by atoms with E-state index in [2.05, 4.69) is 0 Å². The summed E-state index contributed by atoms with van der Waals surface area (Å²) in [4.78, 5) is 11.8. The van der Waals surface area contributed by atoms with Crippen molar-refractivity contribution >= 4 is 11.7 Å². The molecule has 0 unspecified atom stereocenters. The maximum absolute atomic E-state index is 12.5. The second kappa shape index (κ2) is 6.28. The Bertz CT molecular complexity index is 535. The second-order valence-electron chi connectivity index (χ2n) is 4.19. The zero-order valence-corrected chi connectivity index (χ0v) is 10.7. The molecule has 1 N–H and O–H groups in total. The van der Waals surface area contributed by atoms with Crippen molar-refractivity contribution in [2.75, 3.05) is 18.0 Å². The average Bonchev–Trinajstić information content (AvgIpc) is 2.35. The lowest BCUT2D eigenvalue weighted by Gasteiger charge is -2.26. The topological polar surface area (TPSA) is 64.3 Å². The number of anilines is 1. The number of halogens is 3. The fourth-order valence-corrected chi connectivity index (χ4v) is 1.81. The zero-order valence-electron chi connectivity index (χ0n) is 10.7. The summed E-state index contributed by atoms with van der Waals surface area (Å²) in [6.45, 7) is 0.670. The molecule has 0 aromatic heterocycles. The van der Waals surface area contributed by atoms with E-state index in [0.29, 0.717) is 6.42 Å². The number of aromatic carboxylic acids is 1. The molecule has 1 aromatic carbocycles. The molecule has 0 spiro atoms. The number of hydrogen-bond acceptors (Lipinski definition) is 3. The third-order valence-electron chi connectivity index (χ3n) is 2.57. The molecule has 0 saturated carbocycles. The minimum Gasteiger partial charge on any atom is -0.478 e. The highest BCUT2D eigenvalue weighted by Gasteiger charge is 2.31. The quantitative estimate of drug-likeness (QED) is 0.903. The summed E-state index contributed by atoms with van der Waals surface area (Å²) in [5, 5.41) is 17.8. The van der Waals surface area contributed by atoms with Gasteiger partial charge in [-0.3, -0.25) is 0 Å². The van der Waals surface area contributed by atoms with Crippen LogP contribution in [0.3, 0.4) is 0 Å². The standard InChI is InChI=1S/C13H13F3N2O2/c1-2-5-18(8-13(14,15)16)11-4-3-9(12(19)20)6-10(11)7-17/h3-4,6H,2,5,8H2,1H3,(H,19,20). The minimum absolute atomic E-state index is 0.0809. The monoisotopic (exact) mass is 286 g/mol. The van der Waals surface area contributed by atoms with Crippen molar-refractivity contribution in [3.8, 4) is 6.07 Å². The van der Waals surface area contributed by atoms with Gasteiger partial charge in [-0.1, -0.05) is 6.92 Å². The van der Waals surface area contributed by atoms with Crippen molar-refractivity contribution in [2.24, 2.45) is 0 Å². The van der Waals surface area contributed by atoms with Gasteiger partial charge in [-0.05, 0) is 24.6 Å². The Morgan fingerprint density at radius 3 is 2.55 bits per heavy atom. The first-order valence-corrected chi connectivity index (χ1v) is 5.87. The van der Waals surface area contributed by atoms with Gasteiger partial charge in [0.1, 0.15) is 12.6 Å². The van der Waals surface area contributed by atoms with Gasteiger partial charge in [-0.2, -0.15) is 18.4 Å². The Labute approximate surface area is 114 Å². The van der Waals surface area contributed by atoms with Crippen molar-refractivity contribution in [3.63, 3.8) is 0 Å². The highest BCUT2D eigenvalue weighted by Crippen LogP contribution is 2.26. The molecular weight excluding hydrogens is 273 g/mol. The molecule has 0 radical (unpaired) electrons. The predicted octanol–water partition coefficient (Wildman–Crippen LogP) is 3.04. The highest BCUT2D eigenvalue weighted by molar-refractivity contribution is 5.89. The molecule has 108 valence electrons. The highest BCUT2D eigenvalue weighted by atomic mass is 19.4. The number of nitrogens with zero attached hydrogens (tertiary/aromatic N) is 2. The maximum atomic E-state index is 12.5. The largest absolute Gasteiger partial charge is 0.478 e. The van der Waals surface area contributed by atoms with Gasteiger partial charge in [0.15, 0.2) is 0 Å². The van der Waals surface area contributed by atoms with E-state index >= 15 is 0 Å². The van der Waals surface area contributed by atoms with Crippen LogP contribution in [-0.4, -0.2) is 30.3 Å². The van der Waals surface area contributed by atoms with Gasteiger partial charge >= 0.3 is 12.1 Å². The third-order valence-corrected chi connectivity index (χ3v) is 2.57. The van der Waals surface area contributed by atoms with Crippen molar-refractivity contribution in [1.29, 1.82) is 5.26 Å². The number of carboxylic acid groups (broad SMARTS) is 1. The van der Waals surface area contributed by atoms with Crippen molar-refractivity contribution < 1.29 is 23.1 Å². The number of rotatable bonds is 5. The Hall–Kier alpha value is -2.23. The maximum Gasteiger partial charge on any atom is 0.405 e. The molecule has 1 rings (SSSR count). The number of benzene rings is 1. The van der Waals surface area contributed by atoms with Crippen molar-refractivity contribution in [3.05, 3.63) is 29.3 Å². The molecule has 7 heteroatoms. The molecule has 0 saturated heterocycles. The van der Waals surface area contributed by atoms with Gasteiger partial charge in [0.25, 0.3) is 0 Å². The lowest BCUT2D eigenvalue weighted by molar-refractivity contribution is -0.119. The normalized spacial score (nSPS) is 10.9. The number of carbonyl (C=O) groups is 1. The average molecular weight is 286 g/mol. The summed E-state index contributed by atoms with van der Waals surface area (Å²) in [6, 6.07) is 5.25. The molecule has 0 amide bonds. The van der Waals surface area contributed by atoms with Crippen LogP contribution in [0.5, 0.6) is 0 Å². The van der Waals surface area contributed by atoms with Crippen LogP contribution in [0.2, 0.25) is 0 Å². The van der Waals surface area contributed by atoms with Crippen LogP contribution in [0.25, 0.3) is 0 Å². The summed E-state index contributed by atoms with van der Waals surface area (Å²) < 4.78 is 37.6. The van der Waals surface area contributed by atoms with Crippen LogP contribution < -0.4 is 4.90 Å². The lowest BCUT2D eigenvalue weighted by Crippen LogP contribution is -2.35. The molecule has 0 heterocycles. The van der Waals surface area contributed by atoms with Crippen LogP contribution in [-0.2, 0) is 0 Å². The lowest BCUT2D eigenvalue weighted by atomic mass is 10.1. The van der Waals surface area contributed by atoms with E-state index in [-0.39, 0.29) is 23.4 Å². The first-order valence-electron chi connectivity index (χ1n) is 5.87. The molecule has 0 bridgehead atoms. The SMILES string of the molecule is CCCN(CC(F)(F)F)c1ccc(C(=O)O)cc1C#N. The molecule has 0 aliphatic rings. The fraction of sp³-hybridized carbons (Fsp3) is 0.385. The van der Waals surface area contributed by atoms with E-state index in [1.54, 1.807) is 13.0 Å². The number of carboxylic acids is 1. The van der Waals surface area contributed by atoms with Gasteiger partial charge in [-0.15, -0.1) is 0 Å². The Balaban J connectivity index is 3.20. The molecule has 4 nitrogen and oxygen atoms in total. The van der Waals surface area contributed by atoms with E-state index in [9.17, 15) is 18.0 Å². The van der Waals surface area contributed by atoms with Crippen LogP contribution in [0.1, 0.15) is 29.3 Å². The van der Waals surface area contributed by atoms with E-state index < -0.39 is 18.7 Å². The van der Waals surface area contributed by atoms with Crippen LogP contribution in [0.4, 0.5) is 18.9 Å². The minimum atomic E-state index is -4.40. The summed E-state index contributed by atoms with van der Waals surface area (Å²) in [7, 11) is 0. The summed E-state index contributed by atoms with van der Waals surface area (Å²) in [5.74, 6) is -1.23. The summed E-state index contributed by atoms with van der Waals surface area (Å²) in [6.07, 6.45) is -3.92. The molecule has 0 aliphatic heterocycles. The van der Waals surface area contributed by atoms with Crippen molar-refractivity contribution in [2.45, 2.75) is 19.5 Å². The van der Waals surface area contributed by atoms with Gasteiger partial charge in [-0.25, -0.2) is 4.79 Å². The summed E-state index contributed by atoms with van der Waals surface area (Å²) in [5.41, 5.74) is -0.118. The Kier molecular flexibility index (Phi) is 4.97. The smallest absolute Gasteiger partial charge is 0.405 e. The van der Waals surface area contributed by atoms with Crippen LogP contribution >= 0.6 is 0 Å². The molecule has 0 fully saturated rings. The number of hydrogen-bond donors (Lipinski definition) is 1. The predicted molar refractivity (Wildman–Crippen MR) is 66.7 cm³/mol. The van der Waals surface area contributed by atoms with Gasteiger partial charge < -0.3 is 10.0 Å². The van der Waals surface area contributed by atoms with E-state index in [1.165, 1.54) is 12.1 Å². The third kappa shape index (κ3) is 4.16. The Morgan fingerprint density at radius 2 is 2.10 bits per heavy atom.